The van der Waals surface area contributed by atoms with Crippen LogP contribution in [0.4, 0.5) is 10.5 Å². The molecule has 1 unspecified atom stereocenters. The fourth-order valence-corrected chi connectivity index (χ4v) is 4.27. The summed E-state index contributed by atoms with van der Waals surface area (Å²) in [6, 6.07) is 5.76. The Bertz CT molecular complexity index is 969. The van der Waals surface area contributed by atoms with Crippen LogP contribution in [0.2, 0.25) is 0 Å². The summed E-state index contributed by atoms with van der Waals surface area (Å²) in [4.78, 5) is 38.8. The molecule has 2 atom stereocenters. The second kappa shape index (κ2) is 6.81. The lowest BCUT2D eigenvalue weighted by Crippen LogP contribution is -2.53. The minimum absolute atomic E-state index is 0.121. The van der Waals surface area contributed by atoms with Crippen molar-refractivity contribution in [1.82, 2.24) is 20.0 Å². The average molecular weight is 385 g/mol. The Morgan fingerprint density at radius 2 is 2.07 bits per heavy atom. The molecular weight excluding hydrogens is 362 g/mol. The number of aromatic nitrogens is 2. The third kappa shape index (κ3) is 2.96. The van der Waals surface area contributed by atoms with Gasteiger partial charge in [0.25, 0.3) is 0 Å². The van der Waals surface area contributed by atoms with Gasteiger partial charge in [-0.2, -0.15) is 5.10 Å². The van der Waals surface area contributed by atoms with E-state index in [2.05, 4.69) is 15.3 Å². The van der Waals surface area contributed by atoms with Crippen LogP contribution in [-0.4, -0.2) is 63.4 Å². The molecule has 0 aliphatic carbocycles. The number of carbonyl (C=O) groups excluding carboxylic acids is 2. The number of carbonyl (C=O) groups is 3. The summed E-state index contributed by atoms with van der Waals surface area (Å²) in [6.07, 6.45) is -0.135. The van der Waals surface area contributed by atoms with Gasteiger partial charge in [0.2, 0.25) is 11.8 Å². The maximum absolute atomic E-state index is 12.3. The number of hydrogen-bond donors (Lipinski definition) is 2. The normalized spacial score (nSPS) is 23.2. The molecule has 148 valence electrons. The molecule has 2 aliphatic heterocycles. The van der Waals surface area contributed by atoms with Crippen molar-refractivity contribution in [2.75, 3.05) is 24.5 Å². The lowest BCUT2D eigenvalue weighted by Gasteiger charge is -2.39. The first-order valence-electron chi connectivity index (χ1n) is 9.40. The van der Waals surface area contributed by atoms with Crippen LogP contribution in [0.5, 0.6) is 0 Å². The van der Waals surface area contributed by atoms with Crippen molar-refractivity contribution in [3.63, 3.8) is 0 Å². The van der Waals surface area contributed by atoms with E-state index in [1.807, 2.05) is 32.2 Å². The molecule has 4 rings (SSSR count). The standard InChI is InChI=1S/C19H23N5O4/c1-11-10-23(8-9-24(11)19(27)28)14-5-3-4-12-16(21-22(2)17(12)14)13-6-7-15(25)20-18(13)26/h3-5,11,13H,6-10H2,1-2H3,(H,27,28)(H,20,25,26)/t11-,13?/m1/s1. The summed E-state index contributed by atoms with van der Waals surface area (Å²) in [5, 5.41) is 17.2. The van der Waals surface area contributed by atoms with Gasteiger partial charge in [-0.3, -0.25) is 19.6 Å². The first-order valence-corrected chi connectivity index (χ1v) is 9.40. The number of para-hydroxylation sites is 1. The van der Waals surface area contributed by atoms with Crippen molar-refractivity contribution in [3.05, 3.63) is 23.9 Å². The molecule has 9 heteroatoms. The molecule has 1 aromatic carbocycles. The molecule has 0 radical (unpaired) electrons. The lowest BCUT2D eigenvalue weighted by molar-refractivity contribution is -0.134. The quantitative estimate of drug-likeness (QED) is 0.754. The van der Waals surface area contributed by atoms with E-state index in [4.69, 9.17) is 0 Å². The number of carboxylic acid groups (broad SMARTS) is 1. The maximum atomic E-state index is 12.3. The van der Waals surface area contributed by atoms with E-state index < -0.39 is 12.0 Å². The summed E-state index contributed by atoms with van der Waals surface area (Å²) in [5.41, 5.74) is 2.57. The molecule has 2 aliphatic rings. The number of nitrogens with zero attached hydrogens (tertiary/aromatic N) is 4. The van der Waals surface area contributed by atoms with E-state index in [0.29, 0.717) is 38.2 Å². The Hall–Kier alpha value is -3.10. The molecule has 3 heterocycles. The van der Waals surface area contributed by atoms with Gasteiger partial charge in [0.15, 0.2) is 0 Å². The molecule has 2 saturated heterocycles. The predicted molar refractivity (Wildman–Crippen MR) is 102 cm³/mol. The van der Waals surface area contributed by atoms with Crippen LogP contribution < -0.4 is 10.2 Å². The van der Waals surface area contributed by atoms with Crippen LogP contribution >= 0.6 is 0 Å². The largest absolute Gasteiger partial charge is 0.465 e. The topological polar surface area (TPSA) is 108 Å². The highest BCUT2D eigenvalue weighted by atomic mass is 16.4. The molecule has 9 nitrogen and oxygen atoms in total. The van der Waals surface area contributed by atoms with Crippen LogP contribution in [0.25, 0.3) is 10.9 Å². The first-order chi connectivity index (χ1) is 13.4. The van der Waals surface area contributed by atoms with Crippen LogP contribution in [0, 0.1) is 0 Å². The van der Waals surface area contributed by atoms with E-state index in [0.717, 1.165) is 16.6 Å². The fourth-order valence-electron chi connectivity index (χ4n) is 4.27. The Balaban J connectivity index is 1.70. The Morgan fingerprint density at radius 1 is 1.29 bits per heavy atom. The zero-order chi connectivity index (χ0) is 20.0. The molecule has 2 fully saturated rings. The van der Waals surface area contributed by atoms with Gasteiger partial charge in [-0.1, -0.05) is 12.1 Å². The highest BCUT2D eigenvalue weighted by Crippen LogP contribution is 2.35. The summed E-state index contributed by atoms with van der Waals surface area (Å²) < 4.78 is 1.78. The highest BCUT2D eigenvalue weighted by molar-refractivity contribution is 6.03. The van der Waals surface area contributed by atoms with Gasteiger partial charge in [-0.05, 0) is 19.4 Å². The highest BCUT2D eigenvalue weighted by Gasteiger charge is 2.33. The van der Waals surface area contributed by atoms with Crippen LogP contribution in [0.15, 0.2) is 18.2 Å². The number of nitrogens with one attached hydrogen (secondary N) is 1. The van der Waals surface area contributed by atoms with E-state index in [-0.39, 0.29) is 17.9 Å². The molecular formula is C19H23N5O4. The van der Waals surface area contributed by atoms with Crippen molar-refractivity contribution in [3.8, 4) is 0 Å². The SMILES string of the molecule is C[C@@H]1CN(c2cccc3c(C4CCC(=O)NC4=O)nn(C)c23)CCN1C(=O)O. The number of imide groups is 1. The van der Waals surface area contributed by atoms with Crippen molar-refractivity contribution in [2.45, 2.75) is 31.7 Å². The van der Waals surface area contributed by atoms with E-state index in [1.54, 1.807) is 4.68 Å². The summed E-state index contributed by atoms with van der Waals surface area (Å²) in [7, 11) is 1.85. The zero-order valence-corrected chi connectivity index (χ0v) is 15.9. The van der Waals surface area contributed by atoms with Crippen molar-refractivity contribution in [2.24, 2.45) is 7.05 Å². The number of rotatable bonds is 2. The number of fused-ring (bicyclic) bond motifs is 1. The summed E-state index contributed by atoms with van der Waals surface area (Å²) >= 11 is 0. The second-order valence-electron chi connectivity index (χ2n) is 7.46. The minimum atomic E-state index is -0.897. The fraction of sp³-hybridized carbons (Fsp3) is 0.474. The average Bonchev–Trinajstić information content (AvgIpc) is 2.98. The second-order valence-corrected chi connectivity index (χ2v) is 7.46. The third-order valence-electron chi connectivity index (χ3n) is 5.66. The Morgan fingerprint density at radius 3 is 2.75 bits per heavy atom. The molecule has 3 amide bonds. The van der Waals surface area contributed by atoms with Gasteiger partial charge in [-0.15, -0.1) is 0 Å². The van der Waals surface area contributed by atoms with Gasteiger partial charge >= 0.3 is 6.09 Å². The van der Waals surface area contributed by atoms with Gasteiger partial charge in [0.1, 0.15) is 0 Å². The maximum Gasteiger partial charge on any atom is 0.407 e. The number of hydrogen-bond acceptors (Lipinski definition) is 5. The molecule has 0 saturated carbocycles. The van der Waals surface area contributed by atoms with Crippen LogP contribution in [0.3, 0.4) is 0 Å². The Kier molecular flexibility index (Phi) is 4.44. The monoisotopic (exact) mass is 385 g/mol. The van der Waals surface area contributed by atoms with Gasteiger partial charge < -0.3 is 14.9 Å². The van der Waals surface area contributed by atoms with Crippen molar-refractivity contribution in [1.29, 1.82) is 0 Å². The third-order valence-corrected chi connectivity index (χ3v) is 5.66. The number of piperazine rings is 1. The predicted octanol–water partition coefficient (Wildman–Crippen LogP) is 1.28. The molecule has 0 spiro atoms. The van der Waals surface area contributed by atoms with Gasteiger partial charge in [0.05, 0.1) is 22.8 Å². The molecule has 1 aromatic heterocycles. The number of amides is 3. The molecule has 28 heavy (non-hydrogen) atoms. The summed E-state index contributed by atoms with van der Waals surface area (Å²) in [5.74, 6) is -0.989. The van der Waals surface area contributed by atoms with E-state index in [1.165, 1.54) is 4.90 Å². The van der Waals surface area contributed by atoms with E-state index in [9.17, 15) is 19.5 Å². The number of piperidine rings is 1. The van der Waals surface area contributed by atoms with E-state index >= 15 is 0 Å². The molecule has 2 aromatic rings. The van der Waals surface area contributed by atoms with Crippen molar-refractivity contribution >= 4 is 34.5 Å². The minimum Gasteiger partial charge on any atom is -0.465 e. The number of benzene rings is 1. The first kappa shape index (κ1) is 18.3. The zero-order valence-electron chi connectivity index (χ0n) is 15.9. The van der Waals surface area contributed by atoms with Gasteiger partial charge in [0, 0.05) is 44.5 Å². The smallest absolute Gasteiger partial charge is 0.407 e. The Labute approximate surface area is 161 Å². The lowest BCUT2D eigenvalue weighted by atomic mass is 9.92. The molecule has 0 bridgehead atoms. The van der Waals surface area contributed by atoms with Gasteiger partial charge in [-0.25, -0.2) is 4.79 Å². The summed E-state index contributed by atoms with van der Waals surface area (Å²) in [6.45, 7) is 3.52. The molecule has 2 N–H and O–H groups in total. The van der Waals surface area contributed by atoms with Crippen molar-refractivity contribution < 1.29 is 19.5 Å². The van der Waals surface area contributed by atoms with Crippen LogP contribution in [-0.2, 0) is 16.6 Å². The van der Waals surface area contributed by atoms with Crippen LogP contribution in [0.1, 0.15) is 31.4 Å². The number of anilines is 1. The number of aryl methyl sites for hydroxylation is 1.